The number of rotatable bonds is 12. The molecule has 0 saturated carbocycles. The number of phenolic OH excluding ortho intramolecular Hbond substituents is 3. The van der Waals surface area contributed by atoms with E-state index in [1.807, 2.05) is 0 Å². The van der Waals surface area contributed by atoms with Crippen LogP contribution in [0.5, 0.6) is 28.7 Å². The number of carbonyl (C=O) groups excluding carboxylic acids is 2. The van der Waals surface area contributed by atoms with Gasteiger partial charge >= 0.3 is 11.9 Å². The fourth-order valence-electron chi connectivity index (χ4n) is 6.27. The van der Waals surface area contributed by atoms with Gasteiger partial charge in [-0.05, 0) is 42.0 Å². The maximum Gasteiger partial charge on any atom is 0.331 e. The largest absolute Gasteiger partial charge is 0.508 e. The molecule has 0 aliphatic carbocycles. The molecule has 10 unspecified atom stereocenters. The van der Waals surface area contributed by atoms with E-state index in [-0.39, 0.29) is 39.7 Å². The molecule has 0 spiro atoms. The molecule has 2 aliphatic rings. The predicted octanol–water partition coefficient (Wildman–Crippen LogP) is 0.423. The number of esters is 2. The van der Waals surface area contributed by atoms with Crippen molar-refractivity contribution in [3.05, 3.63) is 82.5 Å². The Labute approximate surface area is 328 Å². The summed E-state index contributed by atoms with van der Waals surface area (Å²) >= 11 is 0. The molecule has 3 heterocycles. The van der Waals surface area contributed by atoms with Crippen molar-refractivity contribution in [2.45, 2.75) is 68.3 Å². The van der Waals surface area contributed by atoms with Crippen LogP contribution < -0.4 is 14.9 Å². The molecule has 19 heteroatoms. The number of hydrogen-bond acceptors (Lipinski definition) is 19. The third-order valence-corrected chi connectivity index (χ3v) is 9.27. The van der Waals surface area contributed by atoms with Gasteiger partial charge in [0.15, 0.2) is 35.4 Å². The van der Waals surface area contributed by atoms with E-state index in [9.17, 15) is 55.2 Å². The summed E-state index contributed by atoms with van der Waals surface area (Å²) in [5.41, 5.74) is -0.0386. The minimum atomic E-state index is -1.95. The quantitative estimate of drug-likeness (QED) is 0.0710. The highest BCUT2D eigenvalue weighted by molar-refractivity contribution is 5.87. The van der Waals surface area contributed by atoms with Gasteiger partial charge in [-0.1, -0.05) is 12.1 Å². The minimum absolute atomic E-state index is 0.0124. The molecule has 1 aromatic heterocycles. The second-order valence-corrected chi connectivity index (χ2v) is 13.3. The van der Waals surface area contributed by atoms with Gasteiger partial charge in [0.1, 0.15) is 77.2 Å². The van der Waals surface area contributed by atoms with Crippen LogP contribution in [0.4, 0.5) is 0 Å². The van der Waals surface area contributed by atoms with E-state index in [1.165, 1.54) is 61.7 Å². The summed E-state index contributed by atoms with van der Waals surface area (Å²) in [6.45, 7) is -0.346. The maximum absolute atomic E-state index is 13.1. The van der Waals surface area contributed by atoms with Gasteiger partial charge in [-0.2, -0.15) is 0 Å². The van der Waals surface area contributed by atoms with Crippen molar-refractivity contribution in [3.63, 3.8) is 0 Å². The molecule has 2 aliphatic heterocycles. The van der Waals surface area contributed by atoms with E-state index in [1.54, 1.807) is 0 Å². The average molecular weight is 813 g/mol. The molecule has 0 radical (unpaired) electrons. The first-order valence-electron chi connectivity index (χ1n) is 17.6. The lowest BCUT2D eigenvalue weighted by molar-refractivity contribution is -0.358. The van der Waals surface area contributed by atoms with Crippen molar-refractivity contribution in [3.8, 4) is 40.1 Å². The van der Waals surface area contributed by atoms with Crippen molar-refractivity contribution in [1.29, 1.82) is 0 Å². The zero-order valence-electron chi connectivity index (χ0n) is 30.7. The Morgan fingerprint density at radius 2 is 1.50 bits per heavy atom. The van der Waals surface area contributed by atoms with Gasteiger partial charge in [-0.25, -0.2) is 4.79 Å². The number of aliphatic hydroxyl groups is 5. The van der Waals surface area contributed by atoms with Crippen LogP contribution in [0.25, 0.3) is 28.4 Å². The Balaban J connectivity index is 1.32. The van der Waals surface area contributed by atoms with Gasteiger partial charge in [-0.3, -0.25) is 9.59 Å². The molecule has 2 saturated heterocycles. The second-order valence-electron chi connectivity index (χ2n) is 13.3. The summed E-state index contributed by atoms with van der Waals surface area (Å²) in [6, 6.07) is 13.3. The Morgan fingerprint density at radius 3 is 2.19 bits per heavy atom. The van der Waals surface area contributed by atoms with Gasteiger partial charge in [0.25, 0.3) is 0 Å². The van der Waals surface area contributed by atoms with Crippen LogP contribution in [0.2, 0.25) is 0 Å². The fourth-order valence-corrected chi connectivity index (χ4v) is 6.27. The van der Waals surface area contributed by atoms with E-state index in [4.69, 9.17) is 37.6 Å². The zero-order valence-corrected chi connectivity index (χ0v) is 30.7. The fraction of sp³-hybridized carbons (Fsp3) is 0.359. The highest BCUT2D eigenvalue weighted by atomic mass is 16.8. The van der Waals surface area contributed by atoms with Crippen LogP contribution in [0.15, 0.2) is 76.0 Å². The van der Waals surface area contributed by atoms with E-state index in [0.717, 1.165) is 25.1 Å². The first-order chi connectivity index (χ1) is 27.7. The van der Waals surface area contributed by atoms with E-state index < -0.39 is 97.7 Å². The Bertz CT molecular complexity index is 2180. The number of methoxy groups -OCH3 is 1. The summed E-state index contributed by atoms with van der Waals surface area (Å²) in [5, 5.41) is 84.4. The molecule has 310 valence electrons. The van der Waals surface area contributed by atoms with Crippen LogP contribution in [0.1, 0.15) is 12.5 Å². The summed E-state index contributed by atoms with van der Waals surface area (Å²) in [7, 11) is 1.33. The zero-order chi connectivity index (χ0) is 41.8. The number of fused-ring (bicyclic) bond motifs is 1. The van der Waals surface area contributed by atoms with Crippen molar-refractivity contribution < 1.29 is 88.0 Å². The highest BCUT2D eigenvalue weighted by Crippen LogP contribution is 2.37. The molecule has 19 nitrogen and oxygen atoms in total. The summed E-state index contributed by atoms with van der Waals surface area (Å²) < 4.78 is 45.0. The standard InChI is InChI=1S/C39H40O19/c1-17(41)52-16-29-33(48)35(50)36(57-30(46)10-5-18-3-7-20(42)8-4-18)39(56-29)58-37-34(49)32(47)28(15-40)55-38(37)53-21-12-23(44)31-24(45)14-25(54-27(31)13-21)19-6-9-22(43)26(11-19)51-2/h3-14,28-29,32-40,42-44,47-50H,15-16H2,1-2H3. The van der Waals surface area contributed by atoms with Crippen molar-refractivity contribution in [2.24, 2.45) is 0 Å². The molecule has 8 N–H and O–H groups in total. The van der Waals surface area contributed by atoms with Crippen LogP contribution in [0, 0.1) is 0 Å². The normalized spacial score (nSPS) is 27.3. The number of aromatic hydroxyl groups is 3. The number of hydrogen-bond donors (Lipinski definition) is 8. The first kappa shape index (κ1) is 41.9. The third-order valence-electron chi connectivity index (χ3n) is 9.27. The van der Waals surface area contributed by atoms with Crippen molar-refractivity contribution >= 4 is 29.0 Å². The third kappa shape index (κ3) is 9.17. The monoisotopic (exact) mass is 812 g/mol. The van der Waals surface area contributed by atoms with E-state index in [2.05, 4.69) is 0 Å². The van der Waals surface area contributed by atoms with Crippen LogP contribution >= 0.6 is 0 Å². The van der Waals surface area contributed by atoms with Gasteiger partial charge < -0.3 is 78.4 Å². The molecule has 4 aromatic rings. The Morgan fingerprint density at radius 1 is 0.810 bits per heavy atom. The maximum atomic E-state index is 13.1. The summed E-state index contributed by atoms with van der Waals surface area (Å²) in [6.07, 6.45) is -15.6. The molecule has 0 amide bonds. The lowest BCUT2D eigenvalue weighted by Gasteiger charge is -2.46. The Kier molecular flexibility index (Phi) is 12.8. The van der Waals surface area contributed by atoms with E-state index in [0.29, 0.717) is 11.1 Å². The van der Waals surface area contributed by atoms with Crippen LogP contribution in [-0.4, -0.2) is 135 Å². The summed E-state index contributed by atoms with van der Waals surface area (Å²) in [4.78, 5) is 37.7. The smallest absolute Gasteiger partial charge is 0.331 e. The summed E-state index contributed by atoms with van der Waals surface area (Å²) in [5.74, 6) is -2.76. The second kappa shape index (κ2) is 17.8. The van der Waals surface area contributed by atoms with Crippen molar-refractivity contribution in [1.82, 2.24) is 0 Å². The van der Waals surface area contributed by atoms with Gasteiger partial charge in [0.2, 0.25) is 6.29 Å². The molecule has 3 aromatic carbocycles. The van der Waals surface area contributed by atoms with Crippen molar-refractivity contribution in [2.75, 3.05) is 20.3 Å². The molecule has 2 fully saturated rings. The van der Waals surface area contributed by atoms with Gasteiger partial charge in [-0.15, -0.1) is 0 Å². The number of benzene rings is 3. The SMILES string of the molecule is COc1cc(-c2cc(=O)c3c(O)cc(OC4OC(CO)C(O)C(O)C4OC4OC(COC(C)=O)C(O)C(O)C4OC(=O)C=Cc4ccc(O)cc4)cc3o2)ccc1O. The lowest BCUT2D eigenvalue weighted by Crippen LogP contribution is -2.65. The lowest BCUT2D eigenvalue weighted by atomic mass is 9.97. The average Bonchev–Trinajstić information content (AvgIpc) is 3.19. The number of carbonyl (C=O) groups is 2. The number of ether oxygens (including phenoxy) is 7. The molecule has 0 bridgehead atoms. The van der Waals surface area contributed by atoms with E-state index >= 15 is 0 Å². The molecule has 10 atom stereocenters. The number of phenols is 3. The molecule has 58 heavy (non-hydrogen) atoms. The highest BCUT2D eigenvalue weighted by Gasteiger charge is 2.53. The van der Waals surface area contributed by atoms with Gasteiger partial charge in [0.05, 0.1) is 13.7 Å². The predicted molar refractivity (Wildman–Crippen MR) is 195 cm³/mol. The molecule has 6 rings (SSSR count). The molecular formula is C39H40O19. The molecular weight excluding hydrogens is 772 g/mol. The minimum Gasteiger partial charge on any atom is -0.508 e. The Hall–Kier alpha value is -5.77. The topological polar surface area (TPSA) is 291 Å². The van der Waals surface area contributed by atoms with Gasteiger partial charge in [0, 0.05) is 36.8 Å². The number of aliphatic hydroxyl groups excluding tert-OH is 5. The van der Waals surface area contributed by atoms with Crippen LogP contribution in [-0.2, 0) is 33.3 Å². The van der Waals surface area contributed by atoms with Crippen LogP contribution in [0.3, 0.4) is 0 Å². The first-order valence-corrected chi connectivity index (χ1v) is 17.6.